The van der Waals surface area contributed by atoms with Crippen molar-refractivity contribution in [2.75, 3.05) is 0 Å². The van der Waals surface area contributed by atoms with Crippen molar-refractivity contribution in [1.82, 2.24) is 0 Å². The molecule has 0 fully saturated rings. The third-order valence-electron chi connectivity index (χ3n) is 0.909. The fourth-order valence-electron chi connectivity index (χ4n) is 0.321. The Morgan fingerprint density at radius 2 is 1.50 bits per heavy atom. The Morgan fingerprint density at radius 3 is 1.58 bits per heavy atom. The number of hydrogen-bond donors (Lipinski definition) is 0. The van der Waals surface area contributed by atoms with Gasteiger partial charge in [0.05, 0.1) is 0 Å². The Labute approximate surface area is 92.6 Å². The molecule has 0 nitrogen and oxygen atoms in total. The van der Waals surface area contributed by atoms with Gasteiger partial charge in [-0.25, -0.2) is 12.1 Å². The van der Waals surface area contributed by atoms with Crippen molar-refractivity contribution in [1.29, 1.82) is 0 Å². The van der Waals surface area contributed by atoms with Crippen LogP contribution in [0, 0.1) is 6.92 Å². The van der Waals surface area contributed by atoms with E-state index in [1.165, 1.54) is 6.42 Å². The predicted molar refractivity (Wildman–Crippen MR) is 42.3 cm³/mol. The SMILES string of the molecule is [CH2-]CCC.[F-].[F-].[Zr+4].c1cc[cH-]c1. The molecular formula is C9H14F2Zr. The Kier molecular flexibility index (Phi) is 42.5. The van der Waals surface area contributed by atoms with Gasteiger partial charge in [0.1, 0.15) is 0 Å². The van der Waals surface area contributed by atoms with Gasteiger partial charge in [0.15, 0.2) is 0 Å². The normalized spacial score (nSPS) is 5.83. The van der Waals surface area contributed by atoms with Crippen molar-refractivity contribution in [2.45, 2.75) is 19.8 Å². The Morgan fingerprint density at radius 1 is 1.17 bits per heavy atom. The van der Waals surface area contributed by atoms with Gasteiger partial charge in [0.25, 0.3) is 0 Å². The van der Waals surface area contributed by atoms with E-state index in [0.717, 1.165) is 6.42 Å². The number of hydrogen-bond acceptors (Lipinski definition) is 0. The molecule has 68 valence electrons. The molecule has 0 spiro atoms. The van der Waals surface area contributed by atoms with Crippen molar-refractivity contribution in [3.63, 3.8) is 0 Å². The minimum Gasteiger partial charge on any atom is -1.00 e. The largest absolute Gasteiger partial charge is 4.00 e. The van der Waals surface area contributed by atoms with E-state index in [-0.39, 0.29) is 35.6 Å². The summed E-state index contributed by atoms with van der Waals surface area (Å²) in [6.45, 7) is 5.72. The number of rotatable bonds is 1. The van der Waals surface area contributed by atoms with Gasteiger partial charge in [-0.1, -0.05) is 13.3 Å². The maximum absolute atomic E-state index is 3.60. The monoisotopic (exact) mass is 250 g/mol. The van der Waals surface area contributed by atoms with Crippen LogP contribution in [0.4, 0.5) is 0 Å². The van der Waals surface area contributed by atoms with Crippen molar-refractivity contribution in [3.05, 3.63) is 37.3 Å². The molecule has 12 heavy (non-hydrogen) atoms. The molecule has 0 aliphatic carbocycles. The summed E-state index contributed by atoms with van der Waals surface area (Å²) in [6.07, 6.45) is 2.28. The van der Waals surface area contributed by atoms with Crippen LogP contribution in [0.1, 0.15) is 19.8 Å². The number of unbranched alkanes of at least 4 members (excludes halogenated alkanes) is 1. The van der Waals surface area contributed by atoms with Crippen LogP contribution in [0.2, 0.25) is 0 Å². The maximum atomic E-state index is 3.60. The smallest absolute Gasteiger partial charge is 1.00 e. The molecule has 0 unspecified atom stereocenters. The van der Waals surface area contributed by atoms with E-state index in [1.54, 1.807) is 0 Å². The minimum absolute atomic E-state index is 0. The molecule has 0 bridgehead atoms. The van der Waals surface area contributed by atoms with Crippen LogP contribution in [-0.2, 0) is 26.2 Å². The average Bonchev–Trinajstić information content (AvgIpc) is 2.43. The second-order valence-corrected chi connectivity index (χ2v) is 1.82. The van der Waals surface area contributed by atoms with Crippen LogP contribution in [-0.4, -0.2) is 0 Å². The van der Waals surface area contributed by atoms with E-state index in [0.29, 0.717) is 0 Å². The summed E-state index contributed by atoms with van der Waals surface area (Å²) in [5.74, 6) is 0. The molecule has 0 heterocycles. The quantitative estimate of drug-likeness (QED) is 0.468. The third kappa shape index (κ3) is 22.5. The number of halogens is 2. The maximum Gasteiger partial charge on any atom is 4.00 e. The molecule has 0 aliphatic heterocycles. The summed E-state index contributed by atoms with van der Waals surface area (Å²) in [7, 11) is 0. The molecule has 3 heteroatoms. The van der Waals surface area contributed by atoms with E-state index in [4.69, 9.17) is 0 Å². The van der Waals surface area contributed by atoms with Crippen molar-refractivity contribution in [3.8, 4) is 0 Å². The summed E-state index contributed by atoms with van der Waals surface area (Å²) < 4.78 is 0. The van der Waals surface area contributed by atoms with Gasteiger partial charge < -0.3 is 16.3 Å². The zero-order valence-corrected chi connectivity index (χ0v) is 9.72. The zero-order chi connectivity index (χ0) is 6.95. The molecule has 0 saturated heterocycles. The Bertz CT molecular complexity index is 88.1. The van der Waals surface area contributed by atoms with Gasteiger partial charge in [0.2, 0.25) is 0 Å². The summed E-state index contributed by atoms with van der Waals surface area (Å²) in [5.41, 5.74) is 0. The van der Waals surface area contributed by atoms with E-state index >= 15 is 0 Å². The van der Waals surface area contributed by atoms with Gasteiger partial charge in [-0.05, 0) is 0 Å². The van der Waals surface area contributed by atoms with Gasteiger partial charge in [-0.2, -0.15) is 24.6 Å². The van der Waals surface area contributed by atoms with Crippen LogP contribution in [0.15, 0.2) is 30.3 Å². The van der Waals surface area contributed by atoms with E-state index in [1.807, 2.05) is 30.3 Å². The zero-order valence-electron chi connectivity index (χ0n) is 7.26. The average molecular weight is 251 g/mol. The molecule has 0 amide bonds. The van der Waals surface area contributed by atoms with Crippen molar-refractivity contribution < 1.29 is 35.6 Å². The molecule has 0 radical (unpaired) electrons. The summed E-state index contributed by atoms with van der Waals surface area (Å²) in [5, 5.41) is 0. The second kappa shape index (κ2) is 22.5. The van der Waals surface area contributed by atoms with Gasteiger partial charge in [-0.15, -0.1) is 0 Å². The summed E-state index contributed by atoms with van der Waals surface area (Å²) >= 11 is 0. The third-order valence-corrected chi connectivity index (χ3v) is 0.909. The summed E-state index contributed by atoms with van der Waals surface area (Å²) in [6, 6.07) is 10.0. The van der Waals surface area contributed by atoms with Gasteiger partial charge >= 0.3 is 26.2 Å². The van der Waals surface area contributed by atoms with E-state index in [2.05, 4.69) is 13.8 Å². The van der Waals surface area contributed by atoms with Gasteiger partial charge in [-0.3, -0.25) is 0 Å². The van der Waals surface area contributed by atoms with Crippen molar-refractivity contribution >= 4 is 0 Å². The molecule has 0 N–H and O–H groups in total. The van der Waals surface area contributed by atoms with Crippen LogP contribution < -0.4 is 9.41 Å². The van der Waals surface area contributed by atoms with Crippen LogP contribution in [0.25, 0.3) is 0 Å². The first-order valence-corrected chi connectivity index (χ1v) is 3.37. The van der Waals surface area contributed by atoms with E-state index in [9.17, 15) is 0 Å². The Balaban J connectivity index is -0.0000000436. The predicted octanol–water partition coefficient (Wildman–Crippen LogP) is -2.97. The first-order chi connectivity index (χ1) is 4.41. The first-order valence-electron chi connectivity index (χ1n) is 3.37. The fourth-order valence-corrected chi connectivity index (χ4v) is 0.321. The molecule has 1 aromatic carbocycles. The molecule has 1 aromatic rings. The van der Waals surface area contributed by atoms with Crippen LogP contribution in [0.3, 0.4) is 0 Å². The van der Waals surface area contributed by atoms with Gasteiger partial charge in [0, 0.05) is 0 Å². The molecule has 1 rings (SSSR count). The van der Waals surface area contributed by atoms with E-state index < -0.39 is 0 Å². The molecular weight excluding hydrogens is 237 g/mol. The second-order valence-electron chi connectivity index (χ2n) is 1.82. The topological polar surface area (TPSA) is 0 Å². The Hall–Kier alpha value is 0.0931. The van der Waals surface area contributed by atoms with Crippen molar-refractivity contribution in [2.24, 2.45) is 0 Å². The minimum atomic E-state index is 0. The molecule has 0 aromatic heterocycles. The fraction of sp³-hybridized carbons (Fsp3) is 0.333. The summed E-state index contributed by atoms with van der Waals surface area (Å²) in [4.78, 5) is 0. The van der Waals surface area contributed by atoms with Crippen LogP contribution in [0.5, 0.6) is 0 Å². The van der Waals surface area contributed by atoms with Crippen LogP contribution >= 0.6 is 0 Å². The molecule has 0 aliphatic rings. The molecule has 0 saturated carbocycles. The standard InChI is InChI=1S/C5H5.C4H9.2FH.Zr/c1-2-4-5-3-1;1-3-4-2;;;/h1-5H;1,3-4H2,2H3;2*1H;/q2*-1;;;+4/p-2. The first kappa shape index (κ1) is 22.7. The molecule has 0 atom stereocenters.